The number of rotatable bonds is 4. The van der Waals surface area contributed by atoms with Gasteiger partial charge in [-0.3, -0.25) is 4.18 Å². The molecule has 1 unspecified atom stereocenters. The summed E-state index contributed by atoms with van der Waals surface area (Å²) < 4.78 is 48.6. The van der Waals surface area contributed by atoms with Crippen LogP contribution in [0, 0.1) is 0 Å². The summed E-state index contributed by atoms with van der Waals surface area (Å²) >= 11 is 1.52. The fraction of sp³-hybridized carbons (Fsp3) is 0.941. The molecule has 11 heteroatoms. The van der Waals surface area contributed by atoms with Crippen molar-refractivity contribution in [1.29, 1.82) is 0 Å². The number of aliphatic hydroxyl groups excluding tert-OH is 1. The lowest BCUT2D eigenvalue weighted by Crippen LogP contribution is -2.37. The van der Waals surface area contributed by atoms with Crippen molar-refractivity contribution in [2.45, 2.75) is 94.3 Å². The van der Waals surface area contributed by atoms with Crippen LogP contribution < -0.4 is 0 Å². The van der Waals surface area contributed by atoms with Gasteiger partial charge < -0.3 is 28.8 Å². The minimum absolute atomic E-state index is 0.0556. The molecule has 28 heavy (non-hydrogen) atoms. The van der Waals surface area contributed by atoms with Crippen molar-refractivity contribution in [1.82, 2.24) is 0 Å². The standard InChI is InChI=1S/C9H16O6S.C8H14O3S/c1-6(15-16(4,11)12)8-7(5-10)13-9(2,3)14-8;1-4-5-6(7(9)12-4)11-8(2,3)10-5/h5-8H,1-4H3;4-7,9H,1-3H3/t6-,7+,8-;4-,5+,6+,7?/m10/s1. The highest BCUT2D eigenvalue weighted by molar-refractivity contribution is 8.00. The summed E-state index contributed by atoms with van der Waals surface area (Å²) in [7, 11) is -3.58. The molecular formula is C17H30O9S2. The molecular weight excluding hydrogens is 412 g/mol. The third-order valence-electron chi connectivity index (χ3n) is 4.35. The summed E-state index contributed by atoms with van der Waals surface area (Å²) in [5, 5.41) is 9.89. The van der Waals surface area contributed by atoms with Crippen LogP contribution in [-0.4, -0.2) is 78.8 Å². The van der Waals surface area contributed by atoms with Crippen molar-refractivity contribution in [2.24, 2.45) is 0 Å². The van der Waals surface area contributed by atoms with E-state index in [4.69, 9.17) is 23.1 Å². The largest absolute Gasteiger partial charge is 0.380 e. The third kappa shape index (κ3) is 6.11. The zero-order valence-corrected chi connectivity index (χ0v) is 18.8. The van der Waals surface area contributed by atoms with Gasteiger partial charge in [0.2, 0.25) is 0 Å². The van der Waals surface area contributed by atoms with Gasteiger partial charge in [-0.05, 0) is 34.6 Å². The highest BCUT2D eigenvalue weighted by Gasteiger charge is 2.52. The van der Waals surface area contributed by atoms with E-state index in [9.17, 15) is 18.3 Å². The Morgan fingerprint density at radius 3 is 2.11 bits per heavy atom. The Labute approximate surface area is 170 Å². The van der Waals surface area contributed by atoms with Crippen molar-refractivity contribution in [3.63, 3.8) is 0 Å². The predicted molar refractivity (Wildman–Crippen MR) is 102 cm³/mol. The number of fused-ring (bicyclic) bond motifs is 1. The molecule has 3 heterocycles. The topological polar surface area (TPSA) is 118 Å². The summed E-state index contributed by atoms with van der Waals surface area (Å²) in [6.45, 7) is 10.6. The number of ether oxygens (including phenoxy) is 4. The molecule has 164 valence electrons. The Bertz CT molecular complexity index is 646. The average molecular weight is 443 g/mol. The van der Waals surface area contributed by atoms with E-state index in [-0.39, 0.29) is 12.2 Å². The fourth-order valence-electron chi connectivity index (χ4n) is 3.39. The van der Waals surface area contributed by atoms with E-state index < -0.39 is 45.4 Å². The van der Waals surface area contributed by atoms with Crippen LogP contribution in [-0.2, 0) is 38.0 Å². The average Bonchev–Trinajstić information content (AvgIpc) is 3.09. The zero-order valence-electron chi connectivity index (χ0n) is 17.1. The minimum Gasteiger partial charge on any atom is -0.380 e. The molecule has 3 saturated heterocycles. The van der Waals surface area contributed by atoms with Gasteiger partial charge in [0.15, 0.2) is 17.9 Å². The van der Waals surface area contributed by atoms with Gasteiger partial charge in [-0.15, -0.1) is 11.8 Å². The van der Waals surface area contributed by atoms with Crippen molar-refractivity contribution in [2.75, 3.05) is 6.26 Å². The van der Waals surface area contributed by atoms with E-state index in [1.165, 1.54) is 18.7 Å². The molecule has 3 aliphatic heterocycles. The predicted octanol–water partition coefficient (Wildman–Crippen LogP) is 1.03. The first-order valence-corrected chi connectivity index (χ1v) is 11.8. The molecule has 3 fully saturated rings. The summed E-state index contributed by atoms with van der Waals surface area (Å²) in [5.41, 5.74) is -0.424. The molecule has 0 aliphatic carbocycles. The van der Waals surface area contributed by atoms with Gasteiger partial charge in [0.05, 0.1) is 6.26 Å². The number of thioether (sulfide) groups is 1. The number of carbonyl (C=O) groups excluding carboxylic acids is 1. The van der Waals surface area contributed by atoms with Crippen LogP contribution in [0.25, 0.3) is 0 Å². The number of carbonyl (C=O) groups is 1. The van der Waals surface area contributed by atoms with E-state index in [0.29, 0.717) is 11.5 Å². The van der Waals surface area contributed by atoms with E-state index in [1.807, 2.05) is 13.8 Å². The van der Waals surface area contributed by atoms with Crippen LogP contribution in [0.5, 0.6) is 0 Å². The molecule has 0 aromatic heterocycles. The summed E-state index contributed by atoms with van der Waals surface area (Å²) in [6, 6.07) is 0. The van der Waals surface area contributed by atoms with Crippen molar-refractivity contribution < 1.29 is 41.4 Å². The highest BCUT2D eigenvalue weighted by atomic mass is 32.2. The number of aldehydes is 1. The maximum atomic E-state index is 10.9. The monoisotopic (exact) mass is 442 g/mol. The first-order valence-electron chi connectivity index (χ1n) is 9.02. The first-order chi connectivity index (χ1) is 12.6. The fourth-order valence-corrected chi connectivity index (χ4v) is 5.22. The van der Waals surface area contributed by atoms with Gasteiger partial charge >= 0.3 is 0 Å². The van der Waals surface area contributed by atoms with E-state index in [1.54, 1.807) is 13.8 Å². The number of aliphatic hydroxyl groups is 1. The molecule has 9 nitrogen and oxygen atoms in total. The SMILES string of the molecule is C[C@@H](OS(C)(=O)=O)[C@H]1OC(C)(C)O[C@H]1C=O.C[C@@H]1SC(O)[C@@H]2OC(C)(C)O[C@H]12. The molecule has 0 amide bonds. The van der Waals surface area contributed by atoms with E-state index in [2.05, 4.69) is 6.92 Å². The first kappa shape index (κ1) is 24.0. The maximum Gasteiger partial charge on any atom is 0.264 e. The Morgan fingerprint density at radius 2 is 1.61 bits per heavy atom. The Kier molecular flexibility index (Phi) is 7.25. The number of hydrogen-bond donors (Lipinski definition) is 1. The van der Waals surface area contributed by atoms with Gasteiger partial charge in [0.25, 0.3) is 10.1 Å². The molecule has 3 rings (SSSR count). The Balaban J connectivity index is 0.000000207. The lowest BCUT2D eigenvalue weighted by molar-refractivity contribution is -0.154. The molecule has 0 bridgehead atoms. The molecule has 3 aliphatic rings. The van der Waals surface area contributed by atoms with Crippen molar-refractivity contribution in [3.8, 4) is 0 Å². The minimum atomic E-state index is -3.58. The van der Waals surface area contributed by atoms with Gasteiger partial charge in [-0.1, -0.05) is 6.92 Å². The Hall–Kier alpha value is -0.270. The summed E-state index contributed by atoms with van der Waals surface area (Å²) in [6.07, 6.45) is -0.858. The molecule has 0 saturated carbocycles. The van der Waals surface area contributed by atoms with Crippen LogP contribution in [0.15, 0.2) is 0 Å². The molecule has 0 spiro atoms. The number of hydrogen-bond acceptors (Lipinski definition) is 10. The van der Waals surface area contributed by atoms with Crippen LogP contribution in [0.3, 0.4) is 0 Å². The molecule has 7 atom stereocenters. The lowest BCUT2D eigenvalue weighted by atomic mass is 10.1. The maximum absolute atomic E-state index is 10.9. The van der Waals surface area contributed by atoms with E-state index in [0.717, 1.165) is 6.26 Å². The van der Waals surface area contributed by atoms with Crippen LogP contribution >= 0.6 is 11.8 Å². The van der Waals surface area contributed by atoms with Crippen LogP contribution in [0.4, 0.5) is 0 Å². The smallest absolute Gasteiger partial charge is 0.264 e. The second-order valence-corrected chi connectivity index (χ2v) is 11.1. The Morgan fingerprint density at radius 1 is 1.07 bits per heavy atom. The molecule has 0 aromatic carbocycles. The second-order valence-electron chi connectivity index (χ2n) is 8.00. The second kappa shape index (κ2) is 8.46. The normalized spacial score (nSPS) is 39.7. The van der Waals surface area contributed by atoms with Gasteiger partial charge in [-0.25, -0.2) is 0 Å². The van der Waals surface area contributed by atoms with E-state index >= 15 is 0 Å². The van der Waals surface area contributed by atoms with Gasteiger partial charge in [0, 0.05) is 5.25 Å². The van der Waals surface area contributed by atoms with Crippen molar-refractivity contribution in [3.05, 3.63) is 0 Å². The highest BCUT2D eigenvalue weighted by Crippen LogP contribution is 2.44. The molecule has 1 N–H and O–H groups in total. The van der Waals surface area contributed by atoms with Crippen LogP contribution in [0.2, 0.25) is 0 Å². The van der Waals surface area contributed by atoms with Crippen LogP contribution in [0.1, 0.15) is 41.5 Å². The quantitative estimate of drug-likeness (QED) is 0.499. The van der Waals surface area contributed by atoms with Crippen molar-refractivity contribution >= 4 is 28.2 Å². The summed E-state index contributed by atoms with van der Waals surface area (Å²) in [4.78, 5) is 10.8. The zero-order chi connectivity index (χ0) is 21.5. The summed E-state index contributed by atoms with van der Waals surface area (Å²) in [5.74, 6) is -1.43. The molecule has 0 radical (unpaired) electrons. The van der Waals surface area contributed by atoms with Gasteiger partial charge in [-0.2, -0.15) is 8.42 Å². The molecule has 0 aromatic rings. The van der Waals surface area contributed by atoms with Gasteiger partial charge in [0.1, 0.15) is 36.0 Å². The lowest BCUT2D eigenvalue weighted by Gasteiger charge is -2.20. The third-order valence-corrected chi connectivity index (χ3v) is 6.25.